The van der Waals surface area contributed by atoms with E-state index in [9.17, 15) is 28.0 Å². The molecule has 6 N–H and O–H groups in total. The third kappa shape index (κ3) is 13.4. The number of hydrogen-bond donors (Lipinski definition) is 5. The fourth-order valence-electron chi connectivity index (χ4n) is 6.65. The Morgan fingerprint density at radius 1 is 1.02 bits per heavy atom. The lowest BCUT2D eigenvalue weighted by atomic mass is 10.0. The minimum absolute atomic E-state index is 0.00272. The van der Waals surface area contributed by atoms with E-state index in [1.54, 1.807) is 30.5 Å². The van der Waals surface area contributed by atoms with E-state index in [-0.39, 0.29) is 43.1 Å². The van der Waals surface area contributed by atoms with Gasteiger partial charge in [0.05, 0.1) is 54.7 Å². The van der Waals surface area contributed by atoms with Crippen molar-refractivity contribution in [2.24, 2.45) is 5.73 Å². The smallest absolute Gasteiger partial charge is 0.251 e. The van der Waals surface area contributed by atoms with Gasteiger partial charge in [0.2, 0.25) is 5.91 Å². The number of ketones is 2. The van der Waals surface area contributed by atoms with Crippen LogP contribution >= 0.6 is 11.8 Å². The minimum Gasteiger partial charge on any atom is -0.480 e. The maximum Gasteiger partial charge on any atom is 0.251 e. The third-order valence-corrected chi connectivity index (χ3v) is 11.3. The van der Waals surface area contributed by atoms with Crippen LogP contribution in [0.2, 0.25) is 0 Å². The lowest BCUT2D eigenvalue weighted by Crippen LogP contribution is -2.43. The van der Waals surface area contributed by atoms with Crippen LogP contribution in [0.4, 0.5) is 8.78 Å². The molecule has 57 heavy (non-hydrogen) atoms. The number of benzene rings is 2. The number of nitrogens with two attached hydrogens (primary N) is 1. The zero-order valence-corrected chi connectivity index (χ0v) is 32.8. The fourth-order valence-corrected chi connectivity index (χ4v) is 8.20. The Morgan fingerprint density at radius 2 is 1.82 bits per heavy atom. The summed E-state index contributed by atoms with van der Waals surface area (Å²) >= 11 is 1.98. The van der Waals surface area contributed by atoms with Crippen molar-refractivity contribution >= 4 is 35.1 Å². The van der Waals surface area contributed by atoms with E-state index in [0.29, 0.717) is 74.1 Å². The SMILES string of the molecule is C=C1N[C@H]2[C@H](CS[C@H]2CCCCC(=O)NCCOCCC(=O)CCc2cn(-c3cccc(C(=O)NC(CCCCN)C(=O)COc4c(F)cccc4F)c3)nn2)N1. The van der Waals surface area contributed by atoms with E-state index < -0.39 is 41.7 Å². The van der Waals surface area contributed by atoms with Gasteiger partial charge >= 0.3 is 0 Å². The molecule has 0 aliphatic carbocycles. The number of amides is 2. The minimum atomic E-state index is -0.978. The van der Waals surface area contributed by atoms with E-state index in [1.807, 2.05) is 11.8 Å². The molecular formula is C40H52F2N8O6S. The molecule has 1 unspecified atom stereocenters. The van der Waals surface area contributed by atoms with Crippen LogP contribution in [0.15, 0.2) is 61.1 Å². The van der Waals surface area contributed by atoms with Crippen molar-refractivity contribution in [2.75, 3.05) is 38.7 Å². The van der Waals surface area contributed by atoms with Gasteiger partial charge in [0, 0.05) is 48.8 Å². The second-order valence-corrected chi connectivity index (χ2v) is 15.4. The number of unbranched alkanes of at least 4 members (excludes halogenated alkanes) is 2. The number of hydrogen-bond acceptors (Lipinski definition) is 12. The van der Waals surface area contributed by atoms with Crippen molar-refractivity contribution in [1.82, 2.24) is 36.3 Å². The summed E-state index contributed by atoms with van der Waals surface area (Å²) in [6.07, 6.45) is 7.31. The molecule has 17 heteroatoms. The quantitative estimate of drug-likeness (QED) is 0.0785. The standard InChI is InChI=1S/C40H52F2N8O6S/c1-26-45-34-25-57-36(38(34)46-26)13-2-3-14-37(53)44-19-21-55-20-17-30(51)16-15-28-23-50(49-48-28)29-9-6-8-27(22-29)40(54)47-33(12-4-5-18-43)35(52)24-56-39-31(41)10-7-11-32(39)42/h6-11,22-23,33-34,36,38,45-46H,1-5,12-21,24-25,43H2,(H,44,53)(H,47,54)/t33?,34-,36-,38-/m0/s1. The van der Waals surface area contributed by atoms with E-state index in [1.165, 1.54) is 10.7 Å². The van der Waals surface area contributed by atoms with Crippen LogP contribution in [0.3, 0.4) is 0 Å². The first kappa shape index (κ1) is 43.3. The topological polar surface area (TPSA) is 192 Å². The highest BCUT2D eigenvalue weighted by molar-refractivity contribution is 8.00. The Hall–Kier alpha value is -4.87. The summed E-state index contributed by atoms with van der Waals surface area (Å²) in [5, 5.41) is 21.3. The second-order valence-electron chi connectivity index (χ2n) is 14.1. The van der Waals surface area contributed by atoms with Gasteiger partial charge in [0.15, 0.2) is 23.2 Å². The molecule has 2 aromatic carbocycles. The van der Waals surface area contributed by atoms with Gasteiger partial charge in [-0.2, -0.15) is 11.8 Å². The zero-order chi connectivity index (χ0) is 40.6. The number of Topliss-reactive ketones (excluding diaryl/α,β-unsaturated/α-hetero) is 2. The number of carbonyl (C=O) groups is 4. The van der Waals surface area contributed by atoms with Crippen LogP contribution in [-0.2, 0) is 25.5 Å². The van der Waals surface area contributed by atoms with E-state index in [2.05, 4.69) is 38.2 Å². The number of halogens is 2. The molecule has 2 saturated heterocycles. The molecule has 0 bridgehead atoms. The molecule has 5 rings (SSSR count). The third-order valence-electron chi connectivity index (χ3n) is 9.75. The highest BCUT2D eigenvalue weighted by Crippen LogP contribution is 2.34. The number of aryl methyl sites for hydroxylation is 1. The normalized spacial score (nSPS) is 17.7. The lowest BCUT2D eigenvalue weighted by molar-refractivity contribution is -0.123. The van der Waals surface area contributed by atoms with E-state index in [0.717, 1.165) is 43.0 Å². The molecule has 2 aliphatic heterocycles. The molecule has 14 nitrogen and oxygen atoms in total. The summed E-state index contributed by atoms with van der Waals surface area (Å²) in [5.74, 6) is -1.63. The number of para-hydroxylation sites is 1. The van der Waals surface area contributed by atoms with Gasteiger partial charge < -0.3 is 36.5 Å². The molecular weight excluding hydrogens is 759 g/mol. The molecule has 3 heterocycles. The number of fused-ring (bicyclic) bond motifs is 1. The highest BCUT2D eigenvalue weighted by Gasteiger charge is 2.40. The van der Waals surface area contributed by atoms with Crippen LogP contribution in [0.5, 0.6) is 5.75 Å². The Morgan fingerprint density at radius 3 is 2.63 bits per heavy atom. The summed E-state index contributed by atoms with van der Waals surface area (Å²) in [6.45, 7) is 4.68. The lowest BCUT2D eigenvalue weighted by Gasteiger charge is -2.18. The Bertz CT molecular complexity index is 1830. The van der Waals surface area contributed by atoms with Crippen LogP contribution in [-0.4, -0.2) is 100 Å². The molecule has 4 atom stereocenters. The Labute approximate surface area is 335 Å². The summed E-state index contributed by atoms with van der Waals surface area (Å²) in [7, 11) is 0. The summed E-state index contributed by atoms with van der Waals surface area (Å²) in [6, 6.07) is 9.68. The maximum atomic E-state index is 14.0. The Kier molecular flexibility index (Phi) is 16.8. The van der Waals surface area contributed by atoms with Gasteiger partial charge in [-0.3, -0.25) is 19.2 Å². The highest BCUT2D eigenvalue weighted by atomic mass is 32.2. The average molecular weight is 811 g/mol. The molecule has 3 aromatic rings. The van der Waals surface area contributed by atoms with Gasteiger partial charge in [0.25, 0.3) is 5.91 Å². The summed E-state index contributed by atoms with van der Waals surface area (Å²) in [4.78, 5) is 51.0. The van der Waals surface area contributed by atoms with Crippen LogP contribution in [0.25, 0.3) is 5.69 Å². The van der Waals surface area contributed by atoms with E-state index >= 15 is 0 Å². The number of nitrogens with one attached hydrogen (secondary N) is 4. The molecule has 2 fully saturated rings. The van der Waals surface area contributed by atoms with Crippen molar-refractivity contribution in [3.63, 3.8) is 0 Å². The second kappa shape index (κ2) is 22.2. The first-order valence-corrected chi connectivity index (χ1v) is 20.5. The van der Waals surface area contributed by atoms with Gasteiger partial charge in [0.1, 0.15) is 12.4 Å². The zero-order valence-electron chi connectivity index (χ0n) is 32.0. The summed E-state index contributed by atoms with van der Waals surface area (Å²) in [5.41, 5.74) is 6.97. The molecule has 308 valence electrons. The summed E-state index contributed by atoms with van der Waals surface area (Å²) < 4.78 is 40.2. The molecule has 2 aliphatic rings. The predicted molar refractivity (Wildman–Crippen MR) is 212 cm³/mol. The van der Waals surface area contributed by atoms with Crippen LogP contribution in [0.1, 0.15) is 73.8 Å². The first-order valence-electron chi connectivity index (χ1n) is 19.4. The number of ether oxygens (including phenoxy) is 2. The number of aromatic nitrogens is 3. The Balaban J connectivity index is 0.972. The van der Waals surface area contributed by atoms with Gasteiger partial charge in [-0.15, -0.1) is 5.10 Å². The van der Waals surface area contributed by atoms with E-state index in [4.69, 9.17) is 15.2 Å². The molecule has 2 amide bonds. The van der Waals surface area contributed by atoms with Gasteiger partial charge in [-0.25, -0.2) is 13.5 Å². The molecule has 0 radical (unpaired) electrons. The largest absolute Gasteiger partial charge is 0.480 e. The fraction of sp³-hybridized carbons (Fsp3) is 0.500. The van der Waals surface area contributed by atoms with Crippen LogP contribution < -0.4 is 31.7 Å². The van der Waals surface area contributed by atoms with Gasteiger partial charge in [-0.1, -0.05) is 30.3 Å². The number of nitrogens with zero attached hydrogens (tertiary/aromatic N) is 3. The van der Waals surface area contributed by atoms with Crippen molar-refractivity contribution in [3.05, 3.63) is 84.0 Å². The van der Waals surface area contributed by atoms with Crippen LogP contribution in [0, 0.1) is 11.6 Å². The predicted octanol–water partition coefficient (Wildman–Crippen LogP) is 3.52. The average Bonchev–Trinajstić information content (AvgIpc) is 3.93. The molecule has 0 spiro atoms. The van der Waals surface area contributed by atoms with Crippen molar-refractivity contribution in [2.45, 2.75) is 87.6 Å². The number of carbonyl (C=O) groups excluding carboxylic acids is 4. The molecule has 0 saturated carbocycles. The number of rotatable bonds is 25. The monoisotopic (exact) mass is 810 g/mol. The maximum absolute atomic E-state index is 14.0. The molecule has 1 aromatic heterocycles. The van der Waals surface area contributed by atoms with Crippen molar-refractivity contribution in [3.8, 4) is 11.4 Å². The van der Waals surface area contributed by atoms with Crippen molar-refractivity contribution < 1.29 is 37.4 Å². The first-order chi connectivity index (χ1) is 27.6. The van der Waals surface area contributed by atoms with Crippen molar-refractivity contribution in [1.29, 1.82) is 0 Å². The van der Waals surface area contributed by atoms with Gasteiger partial charge in [-0.05, 0) is 69.0 Å². The number of thioether (sulfide) groups is 1.